The van der Waals surface area contributed by atoms with Crippen molar-refractivity contribution < 1.29 is 14.3 Å². The second-order valence-electron chi connectivity index (χ2n) is 4.97. The van der Waals surface area contributed by atoms with E-state index in [1.54, 1.807) is 26.0 Å². The fourth-order valence-corrected chi connectivity index (χ4v) is 2.93. The van der Waals surface area contributed by atoms with Crippen LogP contribution in [-0.2, 0) is 4.79 Å². The topological polar surface area (TPSA) is 64.8 Å². The van der Waals surface area contributed by atoms with E-state index in [0.717, 1.165) is 29.8 Å². The summed E-state index contributed by atoms with van der Waals surface area (Å²) in [5.41, 5.74) is 7.60. The first-order valence-electron chi connectivity index (χ1n) is 6.87. The molecule has 110 valence electrons. The maximum Gasteiger partial charge on any atom is 0.223 e. The molecule has 1 aromatic carbocycles. The summed E-state index contributed by atoms with van der Waals surface area (Å²) in [5, 5.41) is 0. The van der Waals surface area contributed by atoms with Crippen LogP contribution in [0.1, 0.15) is 31.2 Å². The van der Waals surface area contributed by atoms with Crippen molar-refractivity contribution in [2.75, 3.05) is 32.2 Å². The van der Waals surface area contributed by atoms with Crippen LogP contribution in [0.25, 0.3) is 0 Å². The first-order valence-corrected chi connectivity index (χ1v) is 6.87. The molecule has 0 spiro atoms. The molecule has 1 aliphatic rings. The SMILES string of the molecule is COc1ccc(OC)c2c1C(CCN)CCN2C(C)=O. The smallest absolute Gasteiger partial charge is 0.223 e. The van der Waals surface area contributed by atoms with Crippen LogP contribution in [-0.4, -0.2) is 33.2 Å². The van der Waals surface area contributed by atoms with Crippen LogP contribution in [0.5, 0.6) is 11.5 Å². The lowest BCUT2D eigenvalue weighted by Gasteiger charge is -2.35. The van der Waals surface area contributed by atoms with Crippen LogP contribution >= 0.6 is 0 Å². The Kier molecular flexibility index (Phi) is 4.49. The highest BCUT2D eigenvalue weighted by atomic mass is 16.5. The number of anilines is 1. The first-order chi connectivity index (χ1) is 9.63. The maximum atomic E-state index is 11.9. The van der Waals surface area contributed by atoms with Crippen molar-refractivity contribution in [1.82, 2.24) is 0 Å². The monoisotopic (exact) mass is 278 g/mol. The Balaban J connectivity index is 2.62. The lowest BCUT2D eigenvalue weighted by atomic mass is 9.86. The van der Waals surface area contributed by atoms with Crippen molar-refractivity contribution in [2.45, 2.75) is 25.7 Å². The number of nitrogens with two attached hydrogens (primary N) is 1. The van der Waals surface area contributed by atoms with Gasteiger partial charge < -0.3 is 20.1 Å². The average molecular weight is 278 g/mol. The van der Waals surface area contributed by atoms with E-state index >= 15 is 0 Å². The van der Waals surface area contributed by atoms with Gasteiger partial charge in [-0.25, -0.2) is 0 Å². The van der Waals surface area contributed by atoms with Crippen LogP contribution in [0.3, 0.4) is 0 Å². The molecule has 1 unspecified atom stereocenters. The van der Waals surface area contributed by atoms with Gasteiger partial charge >= 0.3 is 0 Å². The van der Waals surface area contributed by atoms with Crippen molar-refractivity contribution >= 4 is 11.6 Å². The fraction of sp³-hybridized carbons (Fsp3) is 0.533. The molecule has 5 nitrogen and oxygen atoms in total. The number of carbonyl (C=O) groups is 1. The predicted molar refractivity (Wildman–Crippen MR) is 78.6 cm³/mol. The standard InChI is InChI=1S/C15H22N2O3/c1-10(18)17-9-7-11(6-8-16)14-12(19-2)4-5-13(20-3)15(14)17/h4-5,11H,6-9,16H2,1-3H3. The van der Waals surface area contributed by atoms with Crippen molar-refractivity contribution in [3.8, 4) is 11.5 Å². The van der Waals surface area contributed by atoms with E-state index in [9.17, 15) is 4.79 Å². The fourth-order valence-electron chi connectivity index (χ4n) is 2.93. The highest BCUT2D eigenvalue weighted by molar-refractivity contribution is 5.95. The zero-order valence-corrected chi connectivity index (χ0v) is 12.3. The number of hydrogen-bond acceptors (Lipinski definition) is 4. The summed E-state index contributed by atoms with van der Waals surface area (Å²) in [4.78, 5) is 13.7. The van der Waals surface area contributed by atoms with Crippen LogP contribution < -0.4 is 20.1 Å². The summed E-state index contributed by atoms with van der Waals surface area (Å²) in [6.07, 6.45) is 1.77. The van der Waals surface area contributed by atoms with Gasteiger partial charge in [-0.1, -0.05) is 0 Å². The second kappa shape index (κ2) is 6.13. The van der Waals surface area contributed by atoms with Gasteiger partial charge in [-0.15, -0.1) is 0 Å². The van der Waals surface area contributed by atoms with Crippen LogP contribution in [0.2, 0.25) is 0 Å². The summed E-state index contributed by atoms with van der Waals surface area (Å²) in [6, 6.07) is 3.74. The normalized spacial score (nSPS) is 17.6. The Morgan fingerprint density at radius 1 is 1.35 bits per heavy atom. The number of methoxy groups -OCH3 is 2. The lowest BCUT2D eigenvalue weighted by molar-refractivity contribution is -0.116. The molecule has 1 heterocycles. The van der Waals surface area contributed by atoms with E-state index in [0.29, 0.717) is 24.8 Å². The number of ether oxygens (including phenoxy) is 2. The molecule has 0 aliphatic carbocycles. The molecule has 1 aromatic rings. The minimum absolute atomic E-state index is 0.0176. The zero-order chi connectivity index (χ0) is 14.7. The van der Waals surface area contributed by atoms with Crippen LogP contribution in [0, 0.1) is 0 Å². The van der Waals surface area contributed by atoms with Gasteiger partial charge in [0.05, 0.1) is 19.9 Å². The summed E-state index contributed by atoms with van der Waals surface area (Å²) in [6.45, 7) is 2.88. The maximum absolute atomic E-state index is 11.9. The molecule has 0 bridgehead atoms. The third-order valence-electron chi connectivity index (χ3n) is 3.85. The molecule has 0 radical (unpaired) electrons. The van der Waals surface area contributed by atoms with E-state index in [1.807, 2.05) is 12.1 Å². The largest absolute Gasteiger partial charge is 0.496 e. The van der Waals surface area contributed by atoms with E-state index in [-0.39, 0.29) is 5.91 Å². The van der Waals surface area contributed by atoms with Crippen molar-refractivity contribution in [2.24, 2.45) is 5.73 Å². The van der Waals surface area contributed by atoms with Crippen molar-refractivity contribution in [3.63, 3.8) is 0 Å². The number of benzene rings is 1. The van der Waals surface area contributed by atoms with Gasteiger partial charge in [0.15, 0.2) is 0 Å². The molecular weight excluding hydrogens is 256 g/mol. The molecule has 2 rings (SSSR count). The van der Waals surface area contributed by atoms with Gasteiger partial charge in [-0.3, -0.25) is 4.79 Å². The van der Waals surface area contributed by atoms with Gasteiger partial charge in [-0.05, 0) is 37.4 Å². The Bertz CT molecular complexity index is 502. The van der Waals surface area contributed by atoms with E-state index in [2.05, 4.69) is 0 Å². The predicted octanol–water partition coefficient (Wildman–Crippen LogP) is 1.89. The average Bonchev–Trinajstić information content (AvgIpc) is 2.46. The molecule has 0 aromatic heterocycles. The van der Waals surface area contributed by atoms with Gasteiger partial charge in [0.2, 0.25) is 5.91 Å². The Morgan fingerprint density at radius 3 is 2.55 bits per heavy atom. The Morgan fingerprint density at radius 2 is 2.00 bits per heavy atom. The summed E-state index contributed by atoms with van der Waals surface area (Å²) in [5.74, 6) is 1.82. The summed E-state index contributed by atoms with van der Waals surface area (Å²) in [7, 11) is 3.27. The number of fused-ring (bicyclic) bond motifs is 1. The van der Waals surface area contributed by atoms with Gasteiger partial charge in [0.1, 0.15) is 11.5 Å². The minimum Gasteiger partial charge on any atom is -0.496 e. The highest BCUT2D eigenvalue weighted by Crippen LogP contribution is 2.47. The highest BCUT2D eigenvalue weighted by Gasteiger charge is 2.32. The van der Waals surface area contributed by atoms with E-state index < -0.39 is 0 Å². The molecule has 1 aliphatic heterocycles. The molecule has 1 atom stereocenters. The third-order valence-corrected chi connectivity index (χ3v) is 3.85. The second-order valence-corrected chi connectivity index (χ2v) is 4.97. The number of amides is 1. The summed E-state index contributed by atoms with van der Waals surface area (Å²) >= 11 is 0. The third kappa shape index (κ3) is 2.45. The van der Waals surface area contributed by atoms with E-state index in [4.69, 9.17) is 15.2 Å². The number of nitrogens with zero attached hydrogens (tertiary/aromatic N) is 1. The number of hydrogen-bond donors (Lipinski definition) is 1. The molecule has 0 saturated heterocycles. The van der Waals surface area contributed by atoms with E-state index in [1.165, 1.54) is 0 Å². The zero-order valence-electron chi connectivity index (χ0n) is 12.3. The van der Waals surface area contributed by atoms with Gasteiger partial charge in [0.25, 0.3) is 0 Å². The molecular formula is C15H22N2O3. The molecule has 2 N–H and O–H groups in total. The minimum atomic E-state index is 0.0176. The quantitative estimate of drug-likeness (QED) is 0.913. The van der Waals surface area contributed by atoms with Crippen molar-refractivity contribution in [1.29, 1.82) is 0 Å². The molecule has 20 heavy (non-hydrogen) atoms. The molecule has 5 heteroatoms. The molecule has 0 saturated carbocycles. The van der Waals surface area contributed by atoms with Gasteiger partial charge in [-0.2, -0.15) is 0 Å². The molecule has 1 amide bonds. The van der Waals surface area contributed by atoms with Crippen molar-refractivity contribution in [3.05, 3.63) is 17.7 Å². The molecule has 0 fully saturated rings. The van der Waals surface area contributed by atoms with Gasteiger partial charge in [0, 0.05) is 19.0 Å². The Hall–Kier alpha value is -1.75. The first kappa shape index (κ1) is 14.7. The van der Waals surface area contributed by atoms with Crippen LogP contribution in [0.15, 0.2) is 12.1 Å². The lowest BCUT2D eigenvalue weighted by Crippen LogP contribution is -2.36. The Labute approximate surface area is 119 Å². The number of rotatable bonds is 4. The van der Waals surface area contributed by atoms with Crippen LogP contribution in [0.4, 0.5) is 5.69 Å². The number of carbonyl (C=O) groups excluding carboxylic acids is 1. The summed E-state index contributed by atoms with van der Waals surface area (Å²) < 4.78 is 10.9.